The third-order valence-corrected chi connectivity index (χ3v) is 5.49. The molecule has 1 atom stereocenters. The van der Waals surface area contributed by atoms with Crippen LogP contribution >= 0.6 is 0 Å². The van der Waals surface area contributed by atoms with Crippen molar-refractivity contribution in [2.45, 2.75) is 25.4 Å². The van der Waals surface area contributed by atoms with Crippen LogP contribution in [0.2, 0.25) is 0 Å². The molecular formula is C24H29N5O. The van der Waals surface area contributed by atoms with Gasteiger partial charge < -0.3 is 15.1 Å². The van der Waals surface area contributed by atoms with Gasteiger partial charge in [0.2, 0.25) is 0 Å². The second-order valence-corrected chi connectivity index (χ2v) is 7.50. The lowest BCUT2D eigenvalue weighted by Crippen LogP contribution is -2.42. The summed E-state index contributed by atoms with van der Waals surface area (Å²) >= 11 is 0. The van der Waals surface area contributed by atoms with E-state index in [2.05, 4.69) is 55.8 Å². The van der Waals surface area contributed by atoms with Gasteiger partial charge in [0.25, 0.3) is 0 Å². The van der Waals surface area contributed by atoms with Crippen molar-refractivity contribution in [2.75, 3.05) is 26.7 Å². The number of likely N-dealkylation sites (tertiary alicyclic amines) is 1. The Hall–Kier alpha value is -3.12. The first-order valence-corrected chi connectivity index (χ1v) is 10.6. The van der Waals surface area contributed by atoms with E-state index in [9.17, 15) is 0 Å². The van der Waals surface area contributed by atoms with Crippen molar-refractivity contribution in [1.82, 2.24) is 20.5 Å². The molecular weight excluding hydrogens is 374 g/mol. The second-order valence-electron chi connectivity index (χ2n) is 7.50. The maximum Gasteiger partial charge on any atom is 0.191 e. The van der Waals surface area contributed by atoms with Crippen LogP contribution in [0.4, 0.5) is 0 Å². The number of rotatable bonds is 7. The van der Waals surface area contributed by atoms with E-state index in [1.165, 1.54) is 18.4 Å². The lowest BCUT2D eigenvalue weighted by molar-refractivity contribution is 0.215. The van der Waals surface area contributed by atoms with Gasteiger partial charge in [0, 0.05) is 31.9 Å². The fraction of sp³-hybridized carbons (Fsp3) is 0.333. The van der Waals surface area contributed by atoms with Crippen LogP contribution in [0.15, 0.2) is 76.5 Å². The molecule has 0 saturated carbocycles. The predicted molar refractivity (Wildman–Crippen MR) is 120 cm³/mol. The van der Waals surface area contributed by atoms with Crippen LogP contribution in [0.5, 0.6) is 0 Å². The summed E-state index contributed by atoms with van der Waals surface area (Å²) < 4.78 is 5.71. The van der Waals surface area contributed by atoms with E-state index in [-0.39, 0.29) is 6.04 Å². The smallest absolute Gasteiger partial charge is 0.191 e. The number of hydrogen-bond acceptors (Lipinski definition) is 4. The fourth-order valence-corrected chi connectivity index (χ4v) is 3.92. The molecule has 1 aliphatic rings. The molecule has 0 aliphatic carbocycles. The molecule has 3 heterocycles. The normalized spacial score (nSPS) is 15.8. The Balaban J connectivity index is 1.36. The van der Waals surface area contributed by atoms with Gasteiger partial charge in [0.1, 0.15) is 5.76 Å². The topological polar surface area (TPSA) is 65.7 Å². The number of pyridine rings is 1. The largest absolute Gasteiger partial charge is 0.468 e. The van der Waals surface area contributed by atoms with Crippen molar-refractivity contribution in [2.24, 2.45) is 4.99 Å². The Kier molecular flexibility index (Phi) is 6.77. The maximum atomic E-state index is 5.71. The lowest BCUT2D eigenvalue weighted by atomic mass is 10.1. The Morgan fingerprint density at radius 3 is 2.73 bits per heavy atom. The van der Waals surface area contributed by atoms with Crippen LogP contribution in [0.3, 0.4) is 0 Å². The van der Waals surface area contributed by atoms with Crippen LogP contribution < -0.4 is 10.6 Å². The minimum atomic E-state index is 0.216. The number of aromatic nitrogens is 1. The predicted octanol–water partition coefficient (Wildman–Crippen LogP) is 3.84. The van der Waals surface area contributed by atoms with E-state index in [1.54, 1.807) is 13.3 Å². The van der Waals surface area contributed by atoms with E-state index in [0.29, 0.717) is 6.54 Å². The quantitative estimate of drug-likeness (QED) is 0.463. The third kappa shape index (κ3) is 5.07. The summed E-state index contributed by atoms with van der Waals surface area (Å²) in [6.07, 6.45) is 6.06. The summed E-state index contributed by atoms with van der Waals surface area (Å²) in [5.41, 5.74) is 3.28. The molecule has 156 valence electrons. The Morgan fingerprint density at radius 2 is 2.00 bits per heavy atom. The van der Waals surface area contributed by atoms with Crippen molar-refractivity contribution >= 4 is 5.96 Å². The number of hydrogen-bond donors (Lipinski definition) is 2. The molecule has 4 rings (SSSR count). The van der Waals surface area contributed by atoms with Crippen LogP contribution in [0.1, 0.15) is 30.2 Å². The van der Waals surface area contributed by atoms with Crippen LogP contribution in [0, 0.1) is 0 Å². The monoisotopic (exact) mass is 403 g/mol. The molecule has 6 heteroatoms. The highest BCUT2D eigenvalue weighted by molar-refractivity contribution is 5.79. The van der Waals surface area contributed by atoms with Gasteiger partial charge in [-0.3, -0.25) is 14.9 Å². The van der Waals surface area contributed by atoms with E-state index in [1.807, 2.05) is 30.5 Å². The number of guanidine groups is 1. The first-order chi connectivity index (χ1) is 14.8. The highest BCUT2D eigenvalue weighted by Crippen LogP contribution is 2.24. The third-order valence-electron chi connectivity index (χ3n) is 5.49. The average Bonchev–Trinajstić information content (AvgIpc) is 3.52. The summed E-state index contributed by atoms with van der Waals surface area (Å²) in [4.78, 5) is 11.3. The molecule has 1 saturated heterocycles. The fourth-order valence-electron chi connectivity index (χ4n) is 3.92. The van der Waals surface area contributed by atoms with Crippen molar-refractivity contribution < 1.29 is 4.42 Å². The highest BCUT2D eigenvalue weighted by Gasteiger charge is 2.25. The van der Waals surface area contributed by atoms with Crippen LogP contribution in [0.25, 0.3) is 11.3 Å². The first-order valence-electron chi connectivity index (χ1n) is 10.6. The zero-order chi connectivity index (χ0) is 20.6. The second kappa shape index (κ2) is 10.1. The van der Waals surface area contributed by atoms with Gasteiger partial charge in [-0.15, -0.1) is 0 Å². The first kappa shape index (κ1) is 20.2. The molecule has 1 aliphatic heterocycles. The lowest BCUT2D eigenvalue weighted by Gasteiger charge is -2.26. The molecule has 0 spiro atoms. The summed E-state index contributed by atoms with van der Waals surface area (Å²) in [6, 6.07) is 18.6. The molecule has 6 nitrogen and oxygen atoms in total. The zero-order valence-electron chi connectivity index (χ0n) is 17.4. The number of aliphatic imine (C=N–C) groups is 1. The summed E-state index contributed by atoms with van der Waals surface area (Å²) in [6.45, 7) is 3.66. The molecule has 0 bridgehead atoms. The molecule has 0 radical (unpaired) electrons. The van der Waals surface area contributed by atoms with Gasteiger partial charge in [0.15, 0.2) is 5.96 Å². The van der Waals surface area contributed by atoms with Crippen molar-refractivity contribution in [3.05, 3.63) is 78.4 Å². The highest BCUT2D eigenvalue weighted by atomic mass is 16.3. The van der Waals surface area contributed by atoms with Gasteiger partial charge in [-0.2, -0.15) is 0 Å². The zero-order valence-corrected chi connectivity index (χ0v) is 17.4. The van der Waals surface area contributed by atoms with Crippen molar-refractivity contribution in [1.29, 1.82) is 0 Å². The minimum Gasteiger partial charge on any atom is -0.468 e. The number of furan rings is 1. The van der Waals surface area contributed by atoms with E-state index in [4.69, 9.17) is 4.42 Å². The van der Waals surface area contributed by atoms with Crippen molar-refractivity contribution in [3.8, 4) is 11.3 Å². The molecule has 0 amide bonds. The van der Waals surface area contributed by atoms with Gasteiger partial charge >= 0.3 is 0 Å². The van der Waals surface area contributed by atoms with E-state index < -0.39 is 0 Å². The van der Waals surface area contributed by atoms with Gasteiger partial charge in [-0.25, -0.2) is 0 Å². The molecule has 1 unspecified atom stereocenters. The molecule has 30 heavy (non-hydrogen) atoms. The van der Waals surface area contributed by atoms with E-state index in [0.717, 1.165) is 42.6 Å². The number of nitrogens with zero attached hydrogens (tertiary/aromatic N) is 3. The molecule has 3 aromatic rings. The number of nitrogens with one attached hydrogen (secondary N) is 2. The summed E-state index contributed by atoms with van der Waals surface area (Å²) in [7, 11) is 1.80. The van der Waals surface area contributed by atoms with Gasteiger partial charge in [-0.1, -0.05) is 24.3 Å². The SMILES string of the molecule is CN=C(NCc1cccc(-c2ccccn2)c1)NCC(c1ccco1)N1CCCC1. The van der Waals surface area contributed by atoms with Crippen molar-refractivity contribution in [3.63, 3.8) is 0 Å². The summed E-state index contributed by atoms with van der Waals surface area (Å²) in [5.74, 6) is 1.79. The maximum absolute atomic E-state index is 5.71. The van der Waals surface area contributed by atoms with Crippen LogP contribution in [-0.4, -0.2) is 42.5 Å². The molecule has 1 aromatic carbocycles. The van der Waals surface area contributed by atoms with Crippen LogP contribution in [-0.2, 0) is 6.54 Å². The Morgan fingerprint density at radius 1 is 1.10 bits per heavy atom. The van der Waals surface area contributed by atoms with Gasteiger partial charge in [-0.05, 0) is 61.8 Å². The Labute approximate surface area is 178 Å². The Bertz CT molecular complexity index is 933. The molecule has 2 aromatic heterocycles. The van der Waals surface area contributed by atoms with E-state index >= 15 is 0 Å². The molecule has 2 N–H and O–H groups in total. The molecule has 1 fully saturated rings. The van der Waals surface area contributed by atoms with Gasteiger partial charge in [0.05, 0.1) is 18.0 Å². The average molecular weight is 404 g/mol. The standard InChI is InChI=1S/C24H29N5O/c1-25-24(28-18-22(23-11-7-15-30-23)29-13-4-5-14-29)27-17-19-8-6-9-20(16-19)21-10-2-3-12-26-21/h2-3,6-12,15-16,22H,4-5,13-14,17-18H2,1H3,(H2,25,27,28). The minimum absolute atomic E-state index is 0.216. The summed E-state index contributed by atoms with van der Waals surface area (Å²) in [5, 5.41) is 6.90. The number of benzene rings is 1.